The number of ether oxygens (including phenoxy) is 1. The van der Waals surface area contributed by atoms with Crippen molar-refractivity contribution in [3.8, 4) is 5.75 Å². The van der Waals surface area contributed by atoms with Crippen LogP contribution in [0.1, 0.15) is 6.42 Å². The van der Waals surface area contributed by atoms with Gasteiger partial charge in [-0.2, -0.15) is 0 Å². The summed E-state index contributed by atoms with van der Waals surface area (Å²) >= 11 is 11.6. The molecule has 0 aliphatic carbocycles. The lowest BCUT2D eigenvalue weighted by molar-refractivity contribution is -0.142. The van der Waals surface area contributed by atoms with Crippen LogP contribution in [0.15, 0.2) is 30.9 Å². The quantitative estimate of drug-likeness (QED) is 0.758. The number of hydrogen-bond acceptors (Lipinski definition) is 3. The highest BCUT2D eigenvalue weighted by atomic mass is 35.5. The number of carboxylic acid groups (broad SMARTS) is 1. The summed E-state index contributed by atoms with van der Waals surface area (Å²) < 4.78 is 5.19. The number of aliphatic carboxylic acids is 1. The van der Waals surface area contributed by atoms with E-state index in [0.29, 0.717) is 10.8 Å². The SMILES string of the molecule is C=CCC(NC(=O)COc1ccc(Cl)cc1Cl)C(=O)O. The lowest BCUT2D eigenvalue weighted by Crippen LogP contribution is -2.42. The van der Waals surface area contributed by atoms with Gasteiger partial charge in [-0.15, -0.1) is 6.58 Å². The van der Waals surface area contributed by atoms with Gasteiger partial charge in [-0.05, 0) is 24.6 Å². The molecule has 1 aromatic carbocycles. The second kappa shape index (κ2) is 7.77. The van der Waals surface area contributed by atoms with E-state index in [0.717, 1.165) is 0 Å². The third-order valence-electron chi connectivity index (χ3n) is 2.29. The fourth-order valence-electron chi connectivity index (χ4n) is 1.36. The average molecular weight is 318 g/mol. The zero-order valence-corrected chi connectivity index (χ0v) is 11.9. The molecular weight excluding hydrogens is 305 g/mol. The Kier molecular flexibility index (Phi) is 6.35. The summed E-state index contributed by atoms with van der Waals surface area (Å²) in [5.41, 5.74) is 0. The van der Waals surface area contributed by atoms with Gasteiger partial charge in [-0.3, -0.25) is 4.79 Å². The van der Waals surface area contributed by atoms with Crippen LogP contribution in [-0.2, 0) is 9.59 Å². The topological polar surface area (TPSA) is 75.6 Å². The Balaban J connectivity index is 2.54. The average Bonchev–Trinajstić information content (AvgIpc) is 2.37. The molecule has 0 fully saturated rings. The number of hydrogen-bond donors (Lipinski definition) is 2. The molecule has 0 saturated heterocycles. The summed E-state index contributed by atoms with van der Waals surface area (Å²) in [5.74, 6) is -1.41. The van der Waals surface area contributed by atoms with Crippen LogP contribution in [0.25, 0.3) is 0 Å². The Hall–Kier alpha value is -1.72. The Morgan fingerprint density at radius 1 is 1.45 bits per heavy atom. The lowest BCUT2D eigenvalue weighted by atomic mass is 10.2. The van der Waals surface area contributed by atoms with Crippen LogP contribution < -0.4 is 10.1 Å². The summed E-state index contributed by atoms with van der Waals surface area (Å²) in [4.78, 5) is 22.4. The number of carboxylic acids is 1. The maximum absolute atomic E-state index is 11.6. The van der Waals surface area contributed by atoms with Crippen LogP contribution in [0.5, 0.6) is 5.75 Å². The predicted molar refractivity (Wildman–Crippen MR) is 76.3 cm³/mol. The van der Waals surface area contributed by atoms with Gasteiger partial charge in [0.15, 0.2) is 6.61 Å². The molecule has 0 aliphatic rings. The van der Waals surface area contributed by atoms with Crippen molar-refractivity contribution in [3.63, 3.8) is 0 Å². The molecule has 0 spiro atoms. The van der Waals surface area contributed by atoms with Crippen molar-refractivity contribution in [1.82, 2.24) is 5.32 Å². The van der Waals surface area contributed by atoms with E-state index in [1.54, 1.807) is 6.07 Å². The first-order valence-electron chi connectivity index (χ1n) is 5.65. The van der Waals surface area contributed by atoms with Crippen LogP contribution >= 0.6 is 23.2 Å². The van der Waals surface area contributed by atoms with Crippen LogP contribution in [0.2, 0.25) is 10.0 Å². The van der Waals surface area contributed by atoms with E-state index < -0.39 is 17.9 Å². The second-order valence-electron chi connectivity index (χ2n) is 3.85. The van der Waals surface area contributed by atoms with Gasteiger partial charge in [0.25, 0.3) is 5.91 Å². The van der Waals surface area contributed by atoms with Crippen LogP contribution in [0.4, 0.5) is 0 Å². The van der Waals surface area contributed by atoms with Crippen molar-refractivity contribution < 1.29 is 19.4 Å². The van der Waals surface area contributed by atoms with Crippen molar-refractivity contribution in [2.45, 2.75) is 12.5 Å². The van der Waals surface area contributed by atoms with Crippen molar-refractivity contribution in [1.29, 1.82) is 0 Å². The molecule has 0 saturated carbocycles. The summed E-state index contributed by atoms with van der Waals surface area (Å²) in [7, 11) is 0. The molecule has 1 amide bonds. The van der Waals surface area contributed by atoms with E-state index in [2.05, 4.69) is 11.9 Å². The fraction of sp³-hybridized carbons (Fsp3) is 0.231. The molecule has 1 unspecified atom stereocenters. The number of nitrogens with one attached hydrogen (secondary N) is 1. The van der Waals surface area contributed by atoms with Crippen LogP contribution in [0, 0.1) is 0 Å². The second-order valence-corrected chi connectivity index (χ2v) is 4.69. The first-order chi connectivity index (χ1) is 9.43. The fourth-order valence-corrected chi connectivity index (χ4v) is 1.82. The van der Waals surface area contributed by atoms with Crippen LogP contribution in [0.3, 0.4) is 0 Å². The van der Waals surface area contributed by atoms with E-state index in [4.69, 9.17) is 33.0 Å². The van der Waals surface area contributed by atoms with Gasteiger partial charge in [0.05, 0.1) is 5.02 Å². The molecule has 1 rings (SSSR count). The van der Waals surface area contributed by atoms with E-state index >= 15 is 0 Å². The third-order valence-corrected chi connectivity index (χ3v) is 2.82. The van der Waals surface area contributed by atoms with Crippen molar-refractivity contribution in [3.05, 3.63) is 40.9 Å². The van der Waals surface area contributed by atoms with Crippen molar-refractivity contribution >= 4 is 35.1 Å². The zero-order valence-electron chi connectivity index (χ0n) is 10.4. The monoisotopic (exact) mass is 317 g/mol. The van der Waals surface area contributed by atoms with Gasteiger partial charge in [-0.25, -0.2) is 4.79 Å². The minimum absolute atomic E-state index is 0.128. The molecule has 0 aliphatic heterocycles. The number of benzene rings is 1. The number of carbonyl (C=O) groups is 2. The van der Waals surface area contributed by atoms with Crippen molar-refractivity contribution in [2.75, 3.05) is 6.61 Å². The molecule has 1 atom stereocenters. The molecule has 0 heterocycles. The lowest BCUT2D eigenvalue weighted by Gasteiger charge is -2.13. The van der Waals surface area contributed by atoms with E-state index in [1.165, 1.54) is 18.2 Å². The number of halogens is 2. The first-order valence-corrected chi connectivity index (χ1v) is 6.40. The van der Waals surface area contributed by atoms with Crippen LogP contribution in [-0.4, -0.2) is 29.6 Å². The van der Waals surface area contributed by atoms with Gasteiger partial charge in [-0.1, -0.05) is 29.3 Å². The first kappa shape index (κ1) is 16.3. The van der Waals surface area contributed by atoms with Gasteiger partial charge < -0.3 is 15.2 Å². The smallest absolute Gasteiger partial charge is 0.326 e. The maximum Gasteiger partial charge on any atom is 0.326 e. The summed E-state index contributed by atoms with van der Waals surface area (Å²) in [6.07, 6.45) is 1.54. The highest BCUT2D eigenvalue weighted by Crippen LogP contribution is 2.27. The predicted octanol–water partition coefficient (Wildman–Crippen LogP) is 2.52. The van der Waals surface area contributed by atoms with E-state index in [-0.39, 0.29) is 18.1 Å². The Bertz CT molecular complexity index is 519. The third kappa shape index (κ3) is 5.11. The van der Waals surface area contributed by atoms with Gasteiger partial charge in [0.1, 0.15) is 11.8 Å². The highest BCUT2D eigenvalue weighted by Gasteiger charge is 2.18. The molecule has 5 nitrogen and oxygen atoms in total. The number of carbonyl (C=O) groups excluding carboxylic acids is 1. The van der Waals surface area contributed by atoms with Gasteiger partial charge in [0, 0.05) is 5.02 Å². The summed E-state index contributed by atoms with van der Waals surface area (Å²) in [6, 6.07) is 3.55. The maximum atomic E-state index is 11.6. The Morgan fingerprint density at radius 3 is 2.70 bits per heavy atom. The standard InChI is InChI=1S/C13H13Cl2NO4/c1-2-3-10(13(18)19)16-12(17)7-20-11-5-4-8(14)6-9(11)15/h2,4-6,10H,1,3,7H2,(H,16,17)(H,18,19). The zero-order chi connectivity index (χ0) is 15.1. The van der Waals surface area contributed by atoms with Gasteiger partial charge >= 0.3 is 5.97 Å². The number of rotatable bonds is 7. The van der Waals surface area contributed by atoms with Crippen molar-refractivity contribution in [2.24, 2.45) is 0 Å². The normalized spacial score (nSPS) is 11.5. The molecule has 0 aromatic heterocycles. The molecular formula is C13H13Cl2NO4. The summed E-state index contributed by atoms with van der Waals surface area (Å²) in [6.45, 7) is 3.08. The molecule has 0 radical (unpaired) electrons. The minimum Gasteiger partial charge on any atom is -0.482 e. The highest BCUT2D eigenvalue weighted by molar-refractivity contribution is 6.35. The van der Waals surface area contributed by atoms with E-state index in [1.807, 2.05) is 0 Å². The largest absolute Gasteiger partial charge is 0.482 e. The molecule has 1 aromatic rings. The van der Waals surface area contributed by atoms with Gasteiger partial charge in [0.2, 0.25) is 0 Å². The molecule has 2 N–H and O–H groups in total. The molecule has 108 valence electrons. The Labute approximate surface area is 126 Å². The van der Waals surface area contributed by atoms with E-state index in [9.17, 15) is 9.59 Å². The molecule has 20 heavy (non-hydrogen) atoms. The Morgan fingerprint density at radius 2 is 2.15 bits per heavy atom. The molecule has 7 heteroatoms. The number of amides is 1. The summed E-state index contributed by atoms with van der Waals surface area (Å²) in [5, 5.41) is 11.9. The minimum atomic E-state index is -1.14. The molecule has 0 bridgehead atoms.